The number of thiophene rings is 1. The maximum atomic E-state index is 13.5. The maximum absolute atomic E-state index is 13.5. The van der Waals surface area contributed by atoms with Gasteiger partial charge >= 0.3 is 0 Å². The molecular formula is C28H29Cl2N3O2S. The van der Waals surface area contributed by atoms with Crippen LogP contribution in [-0.4, -0.2) is 65.3 Å². The number of carbonyl (C=O) groups is 2. The predicted octanol–water partition coefficient (Wildman–Crippen LogP) is 5.68. The number of hydrogen-bond donors (Lipinski definition) is 0. The van der Waals surface area contributed by atoms with Gasteiger partial charge in [-0.1, -0.05) is 47.5 Å². The van der Waals surface area contributed by atoms with Gasteiger partial charge in [-0.25, -0.2) is 0 Å². The van der Waals surface area contributed by atoms with Crippen molar-refractivity contribution in [3.63, 3.8) is 0 Å². The van der Waals surface area contributed by atoms with Crippen molar-refractivity contribution in [1.29, 1.82) is 0 Å². The van der Waals surface area contributed by atoms with E-state index in [0.29, 0.717) is 41.8 Å². The Hall–Kier alpha value is -2.38. The minimum absolute atomic E-state index is 0.0834. The van der Waals surface area contributed by atoms with Crippen LogP contribution >= 0.6 is 34.5 Å². The molecule has 8 heteroatoms. The van der Waals surface area contributed by atoms with Crippen LogP contribution in [0.5, 0.6) is 0 Å². The normalized spacial score (nSPS) is 20.3. The Labute approximate surface area is 226 Å². The van der Waals surface area contributed by atoms with Gasteiger partial charge in [-0.2, -0.15) is 0 Å². The molecule has 1 saturated heterocycles. The van der Waals surface area contributed by atoms with E-state index in [1.807, 2.05) is 16.7 Å². The lowest BCUT2D eigenvalue weighted by Gasteiger charge is -2.42. The van der Waals surface area contributed by atoms with E-state index in [1.165, 1.54) is 21.6 Å². The summed E-state index contributed by atoms with van der Waals surface area (Å²) in [6.07, 6.45) is 0.963. The molecule has 5 rings (SSSR count). The third-order valence-electron chi connectivity index (χ3n) is 7.29. The number of halogens is 2. The lowest BCUT2D eigenvalue weighted by molar-refractivity contribution is -0.135. The molecule has 0 bridgehead atoms. The summed E-state index contributed by atoms with van der Waals surface area (Å²) in [5.41, 5.74) is 4.33. The van der Waals surface area contributed by atoms with E-state index in [1.54, 1.807) is 29.5 Å². The van der Waals surface area contributed by atoms with Gasteiger partial charge in [0.25, 0.3) is 5.91 Å². The van der Waals surface area contributed by atoms with Gasteiger partial charge in [-0.15, -0.1) is 11.3 Å². The smallest absolute Gasteiger partial charge is 0.254 e. The second-order valence-corrected chi connectivity index (χ2v) is 11.4. The van der Waals surface area contributed by atoms with E-state index in [-0.39, 0.29) is 23.9 Å². The fourth-order valence-electron chi connectivity index (χ4n) is 5.35. The highest BCUT2D eigenvalue weighted by Crippen LogP contribution is 2.38. The van der Waals surface area contributed by atoms with Crippen LogP contribution in [0.2, 0.25) is 10.0 Å². The quantitative estimate of drug-likeness (QED) is 0.426. The van der Waals surface area contributed by atoms with Gasteiger partial charge in [0.15, 0.2) is 0 Å². The van der Waals surface area contributed by atoms with Gasteiger partial charge in [0.05, 0.1) is 22.6 Å². The van der Waals surface area contributed by atoms with E-state index < -0.39 is 0 Å². The molecule has 5 nitrogen and oxygen atoms in total. The molecule has 3 heterocycles. The lowest BCUT2D eigenvalue weighted by atomic mass is 9.90. The summed E-state index contributed by atoms with van der Waals surface area (Å²) in [4.78, 5) is 34.1. The number of piperazine rings is 1. The average molecular weight is 543 g/mol. The van der Waals surface area contributed by atoms with Crippen molar-refractivity contribution in [1.82, 2.24) is 14.7 Å². The van der Waals surface area contributed by atoms with Crippen LogP contribution in [0.15, 0.2) is 53.9 Å². The van der Waals surface area contributed by atoms with Crippen molar-refractivity contribution < 1.29 is 9.59 Å². The standard InChI is InChI=1S/C28H29Cl2N3O2S/c1-18-5-3-4-6-21(18)27-22-10-14-36-25(22)9-11-32(27)17-26(34)31-12-13-33(19(2)16-31)28(35)20-7-8-23(29)24(30)15-20/h3-8,10,14-15,19,27H,9,11-13,16-17H2,1-2H3/t19-,27-/m0/s1. The SMILES string of the molecule is Cc1ccccc1[C@H]1c2ccsc2CCN1CC(=O)N1CCN(C(=O)c2ccc(Cl)c(Cl)c2)[C@@H](C)C1. The molecule has 0 radical (unpaired) electrons. The molecule has 0 aliphatic carbocycles. The average Bonchev–Trinajstić information content (AvgIpc) is 3.35. The summed E-state index contributed by atoms with van der Waals surface area (Å²) in [7, 11) is 0. The Morgan fingerprint density at radius 3 is 2.56 bits per heavy atom. The monoisotopic (exact) mass is 541 g/mol. The first-order valence-corrected chi connectivity index (χ1v) is 13.9. The Morgan fingerprint density at radius 1 is 1.00 bits per heavy atom. The highest BCUT2D eigenvalue weighted by atomic mass is 35.5. The molecule has 3 aromatic rings. The fourth-order valence-corrected chi connectivity index (χ4v) is 6.55. The Morgan fingerprint density at radius 2 is 1.81 bits per heavy atom. The maximum Gasteiger partial charge on any atom is 0.254 e. The minimum atomic E-state index is -0.0957. The highest BCUT2D eigenvalue weighted by Gasteiger charge is 2.35. The molecule has 0 unspecified atom stereocenters. The zero-order valence-corrected chi connectivity index (χ0v) is 22.7. The summed E-state index contributed by atoms with van der Waals surface area (Å²) in [6.45, 7) is 6.86. The minimum Gasteiger partial charge on any atom is -0.338 e. The van der Waals surface area contributed by atoms with Crippen molar-refractivity contribution >= 4 is 46.4 Å². The lowest BCUT2D eigenvalue weighted by Crippen LogP contribution is -2.57. The summed E-state index contributed by atoms with van der Waals surface area (Å²) >= 11 is 13.9. The topological polar surface area (TPSA) is 43.9 Å². The van der Waals surface area contributed by atoms with E-state index in [4.69, 9.17) is 23.2 Å². The molecule has 0 N–H and O–H groups in total. The van der Waals surface area contributed by atoms with E-state index >= 15 is 0 Å². The summed E-state index contributed by atoms with van der Waals surface area (Å²) in [5, 5.41) is 2.95. The molecule has 2 atom stereocenters. The third kappa shape index (κ3) is 4.92. The Kier molecular flexibility index (Phi) is 7.40. The molecule has 0 spiro atoms. The Bertz CT molecular complexity index is 1290. The van der Waals surface area contributed by atoms with Crippen LogP contribution in [0.3, 0.4) is 0 Å². The number of hydrogen-bond acceptors (Lipinski definition) is 4. The number of fused-ring (bicyclic) bond motifs is 1. The highest BCUT2D eigenvalue weighted by molar-refractivity contribution is 7.10. The third-order valence-corrected chi connectivity index (χ3v) is 9.03. The van der Waals surface area contributed by atoms with Crippen LogP contribution in [0, 0.1) is 6.92 Å². The number of nitrogens with zero attached hydrogens (tertiary/aromatic N) is 3. The van der Waals surface area contributed by atoms with Crippen LogP contribution in [0.4, 0.5) is 0 Å². The van der Waals surface area contributed by atoms with Gasteiger partial charge in [-0.05, 0) is 66.6 Å². The van der Waals surface area contributed by atoms with Gasteiger partial charge < -0.3 is 9.80 Å². The molecule has 0 saturated carbocycles. The number of rotatable bonds is 4. The molecule has 2 aromatic carbocycles. The largest absolute Gasteiger partial charge is 0.338 e. The molecule has 188 valence electrons. The van der Waals surface area contributed by atoms with Gasteiger partial charge in [0.1, 0.15) is 0 Å². The number of carbonyl (C=O) groups excluding carboxylic acids is 2. The second-order valence-electron chi connectivity index (χ2n) is 9.59. The molecule has 2 aliphatic rings. The summed E-state index contributed by atoms with van der Waals surface area (Å²) in [5.74, 6) is 0.0227. The molecule has 1 fully saturated rings. The first-order valence-electron chi connectivity index (χ1n) is 12.2. The fraction of sp³-hybridized carbons (Fsp3) is 0.357. The molecule has 36 heavy (non-hydrogen) atoms. The van der Waals surface area contributed by atoms with Crippen LogP contribution < -0.4 is 0 Å². The first-order chi connectivity index (χ1) is 17.3. The molecule has 1 aromatic heterocycles. The van der Waals surface area contributed by atoms with Gasteiger partial charge in [0.2, 0.25) is 5.91 Å². The molecular weight excluding hydrogens is 513 g/mol. The van der Waals surface area contributed by atoms with Crippen LogP contribution in [0.25, 0.3) is 0 Å². The van der Waals surface area contributed by atoms with Gasteiger partial charge in [-0.3, -0.25) is 14.5 Å². The number of aryl methyl sites for hydroxylation is 1. The number of benzene rings is 2. The summed E-state index contributed by atoms with van der Waals surface area (Å²) < 4.78 is 0. The predicted molar refractivity (Wildman–Crippen MR) is 146 cm³/mol. The van der Waals surface area contributed by atoms with Gasteiger partial charge in [0, 0.05) is 42.7 Å². The van der Waals surface area contributed by atoms with Crippen molar-refractivity contribution in [2.75, 3.05) is 32.7 Å². The van der Waals surface area contributed by atoms with Crippen molar-refractivity contribution in [3.8, 4) is 0 Å². The van der Waals surface area contributed by atoms with E-state index in [0.717, 1.165) is 13.0 Å². The zero-order chi connectivity index (χ0) is 25.4. The molecule has 2 amide bonds. The van der Waals surface area contributed by atoms with Crippen molar-refractivity contribution in [3.05, 3.63) is 91.1 Å². The first kappa shape index (κ1) is 25.3. The zero-order valence-electron chi connectivity index (χ0n) is 20.4. The van der Waals surface area contributed by atoms with Crippen LogP contribution in [0.1, 0.15) is 44.9 Å². The van der Waals surface area contributed by atoms with E-state index in [9.17, 15) is 9.59 Å². The second kappa shape index (κ2) is 10.5. The van der Waals surface area contributed by atoms with Crippen molar-refractivity contribution in [2.45, 2.75) is 32.4 Å². The molecule has 2 aliphatic heterocycles. The van der Waals surface area contributed by atoms with E-state index in [2.05, 4.69) is 47.5 Å². The van der Waals surface area contributed by atoms with Crippen LogP contribution in [-0.2, 0) is 11.2 Å². The van der Waals surface area contributed by atoms with Crippen molar-refractivity contribution in [2.24, 2.45) is 0 Å². The Balaban J connectivity index is 1.28. The summed E-state index contributed by atoms with van der Waals surface area (Å²) in [6, 6.07) is 15.6. The number of amides is 2.